The lowest BCUT2D eigenvalue weighted by Crippen LogP contribution is -2.56. The summed E-state index contributed by atoms with van der Waals surface area (Å²) in [5.74, 6) is -0.327. The zero-order valence-electron chi connectivity index (χ0n) is 9.39. The first kappa shape index (κ1) is 13.0. The zero-order chi connectivity index (χ0) is 12.3. The van der Waals surface area contributed by atoms with Crippen LogP contribution >= 0.6 is 0 Å². The molecular formula is C9H16N2O4S. The summed E-state index contributed by atoms with van der Waals surface area (Å²) in [5, 5.41) is 2.52. The molecule has 0 spiro atoms. The summed E-state index contributed by atoms with van der Waals surface area (Å²) in [6.45, 7) is 1.94. The van der Waals surface area contributed by atoms with Gasteiger partial charge >= 0.3 is 0 Å². The summed E-state index contributed by atoms with van der Waals surface area (Å²) < 4.78 is 21.8. The molecule has 7 heteroatoms. The van der Waals surface area contributed by atoms with Gasteiger partial charge < -0.3 is 10.2 Å². The van der Waals surface area contributed by atoms with E-state index in [9.17, 15) is 18.0 Å². The maximum atomic E-state index is 11.6. The smallest absolute Gasteiger partial charge is 0.245 e. The van der Waals surface area contributed by atoms with Crippen LogP contribution in [0.5, 0.6) is 0 Å². The minimum Gasteiger partial charge on any atom is -0.343 e. The van der Waals surface area contributed by atoms with Crippen LogP contribution in [0.2, 0.25) is 0 Å². The summed E-state index contributed by atoms with van der Waals surface area (Å²) in [6.07, 6.45) is 1.52. The van der Waals surface area contributed by atoms with Crippen molar-refractivity contribution >= 4 is 21.7 Å². The molecule has 1 atom stereocenters. The average Bonchev–Trinajstić information content (AvgIpc) is 2.11. The molecule has 1 heterocycles. The maximum Gasteiger partial charge on any atom is 0.245 e. The number of rotatable bonds is 4. The van der Waals surface area contributed by atoms with Crippen LogP contribution in [0.1, 0.15) is 13.3 Å². The fourth-order valence-corrected chi connectivity index (χ4v) is 2.23. The Morgan fingerprint density at radius 2 is 2.06 bits per heavy atom. The molecule has 92 valence electrons. The molecular weight excluding hydrogens is 232 g/mol. The highest BCUT2D eigenvalue weighted by Gasteiger charge is 2.28. The van der Waals surface area contributed by atoms with Gasteiger partial charge in [0, 0.05) is 12.8 Å². The second kappa shape index (κ2) is 4.82. The molecule has 1 aliphatic rings. The first-order valence-corrected chi connectivity index (χ1v) is 7.11. The zero-order valence-corrected chi connectivity index (χ0v) is 10.2. The predicted octanol–water partition coefficient (Wildman–Crippen LogP) is -1.23. The molecule has 1 N–H and O–H groups in total. The lowest BCUT2D eigenvalue weighted by molar-refractivity contribution is -0.143. The van der Waals surface area contributed by atoms with Gasteiger partial charge in [-0.15, -0.1) is 0 Å². The van der Waals surface area contributed by atoms with Crippen molar-refractivity contribution < 1.29 is 18.0 Å². The van der Waals surface area contributed by atoms with Crippen molar-refractivity contribution in [2.45, 2.75) is 19.4 Å². The quantitative estimate of drug-likeness (QED) is 0.675. The SMILES string of the molecule is CC1NC(=O)CN(CCCS(C)(=O)=O)C1=O. The van der Waals surface area contributed by atoms with E-state index in [2.05, 4.69) is 5.32 Å². The Morgan fingerprint density at radius 3 is 2.62 bits per heavy atom. The Labute approximate surface area is 94.9 Å². The molecule has 1 saturated heterocycles. The lowest BCUT2D eigenvalue weighted by Gasteiger charge is -2.30. The fourth-order valence-electron chi connectivity index (χ4n) is 1.58. The van der Waals surface area contributed by atoms with E-state index in [-0.39, 0.29) is 24.1 Å². The minimum atomic E-state index is -3.01. The summed E-state index contributed by atoms with van der Waals surface area (Å²) in [7, 11) is -3.01. The Bertz CT molecular complexity index is 390. The minimum absolute atomic E-state index is 0.0208. The number of hydrogen-bond acceptors (Lipinski definition) is 4. The Hall–Kier alpha value is -1.11. The topological polar surface area (TPSA) is 83.6 Å². The van der Waals surface area contributed by atoms with Gasteiger partial charge in [0.15, 0.2) is 0 Å². The third kappa shape index (κ3) is 3.80. The summed E-state index contributed by atoms with van der Waals surface area (Å²) in [4.78, 5) is 24.2. The average molecular weight is 248 g/mol. The van der Waals surface area contributed by atoms with Crippen molar-refractivity contribution in [3.05, 3.63) is 0 Å². The van der Waals surface area contributed by atoms with Crippen LogP contribution in [0.15, 0.2) is 0 Å². The highest BCUT2D eigenvalue weighted by molar-refractivity contribution is 7.90. The normalized spacial score (nSPS) is 22.1. The Balaban J connectivity index is 2.47. The molecule has 0 aromatic heterocycles. The van der Waals surface area contributed by atoms with Crippen LogP contribution < -0.4 is 5.32 Å². The van der Waals surface area contributed by atoms with Crippen LogP contribution in [0, 0.1) is 0 Å². The molecule has 1 fully saturated rings. The third-order valence-corrected chi connectivity index (χ3v) is 3.37. The van der Waals surface area contributed by atoms with Gasteiger partial charge in [-0.1, -0.05) is 0 Å². The predicted molar refractivity (Wildman–Crippen MR) is 58.5 cm³/mol. The number of sulfone groups is 1. The van der Waals surface area contributed by atoms with Crippen molar-refractivity contribution in [2.24, 2.45) is 0 Å². The Kier molecular flexibility index (Phi) is 3.90. The number of amides is 2. The number of carbonyl (C=O) groups excluding carboxylic acids is 2. The molecule has 1 unspecified atom stereocenters. The van der Waals surface area contributed by atoms with Crippen LogP contribution in [0.4, 0.5) is 0 Å². The fraction of sp³-hybridized carbons (Fsp3) is 0.778. The third-order valence-electron chi connectivity index (χ3n) is 2.34. The molecule has 6 nitrogen and oxygen atoms in total. The van der Waals surface area contributed by atoms with Gasteiger partial charge in [0.25, 0.3) is 0 Å². The molecule has 2 amide bonds. The van der Waals surface area contributed by atoms with E-state index in [1.165, 1.54) is 4.90 Å². The second-order valence-electron chi connectivity index (χ2n) is 4.03. The summed E-state index contributed by atoms with van der Waals surface area (Å²) >= 11 is 0. The first-order chi connectivity index (χ1) is 7.29. The number of hydrogen-bond donors (Lipinski definition) is 1. The van der Waals surface area contributed by atoms with E-state index in [1.807, 2.05) is 0 Å². The van der Waals surface area contributed by atoms with Crippen LogP contribution in [0.3, 0.4) is 0 Å². The Morgan fingerprint density at radius 1 is 1.44 bits per heavy atom. The number of nitrogens with zero attached hydrogens (tertiary/aromatic N) is 1. The first-order valence-electron chi connectivity index (χ1n) is 5.05. The maximum absolute atomic E-state index is 11.6. The van der Waals surface area contributed by atoms with Gasteiger partial charge in [-0.25, -0.2) is 8.42 Å². The largest absolute Gasteiger partial charge is 0.343 e. The molecule has 1 rings (SSSR count). The summed E-state index contributed by atoms with van der Waals surface area (Å²) in [5.41, 5.74) is 0. The van der Waals surface area contributed by atoms with Crippen molar-refractivity contribution in [1.82, 2.24) is 10.2 Å². The molecule has 0 aliphatic carbocycles. The second-order valence-corrected chi connectivity index (χ2v) is 6.29. The van der Waals surface area contributed by atoms with E-state index in [4.69, 9.17) is 0 Å². The van der Waals surface area contributed by atoms with Gasteiger partial charge in [0.05, 0.1) is 12.3 Å². The molecule has 0 saturated carbocycles. The van der Waals surface area contributed by atoms with Gasteiger partial charge in [-0.3, -0.25) is 9.59 Å². The van der Waals surface area contributed by atoms with Crippen LogP contribution in [-0.2, 0) is 19.4 Å². The highest BCUT2D eigenvalue weighted by Crippen LogP contribution is 2.03. The van der Waals surface area contributed by atoms with Crippen LogP contribution in [0.25, 0.3) is 0 Å². The number of nitrogens with one attached hydrogen (secondary N) is 1. The summed E-state index contributed by atoms with van der Waals surface area (Å²) in [6, 6.07) is -0.514. The number of carbonyl (C=O) groups is 2. The van der Waals surface area contributed by atoms with Gasteiger partial charge in [-0.05, 0) is 13.3 Å². The lowest BCUT2D eigenvalue weighted by atomic mass is 10.2. The molecule has 0 radical (unpaired) electrons. The van der Waals surface area contributed by atoms with Crippen molar-refractivity contribution in [3.63, 3.8) is 0 Å². The molecule has 1 aliphatic heterocycles. The monoisotopic (exact) mass is 248 g/mol. The van der Waals surface area contributed by atoms with E-state index in [0.29, 0.717) is 13.0 Å². The molecule has 0 bridgehead atoms. The van der Waals surface area contributed by atoms with E-state index in [1.54, 1.807) is 6.92 Å². The molecule has 0 aromatic carbocycles. The van der Waals surface area contributed by atoms with E-state index >= 15 is 0 Å². The van der Waals surface area contributed by atoms with Crippen molar-refractivity contribution in [3.8, 4) is 0 Å². The standard InChI is InChI=1S/C9H16N2O4S/c1-7-9(13)11(6-8(12)10-7)4-3-5-16(2,14)15/h7H,3-6H2,1-2H3,(H,10,12). The van der Waals surface area contributed by atoms with Crippen molar-refractivity contribution in [1.29, 1.82) is 0 Å². The van der Waals surface area contributed by atoms with Crippen molar-refractivity contribution in [2.75, 3.05) is 25.1 Å². The molecule has 0 aromatic rings. The van der Waals surface area contributed by atoms with E-state index < -0.39 is 15.9 Å². The molecule has 16 heavy (non-hydrogen) atoms. The van der Waals surface area contributed by atoms with Crippen LogP contribution in [-0.4, -0.2) is 56.3 Å². The number of piperazine rings is 1. The van der Waals surface area contributed by atoms with Gasteiger partial charge in [-0.2, -0.15) is 0 Å². The van der Waals surface area contributed by atoms with E-state index in [0.717, 1.165) is 6.26 Å². The van der Waals surface area contributed by atoms with Gasteiger partial charge in [0.2, 0.25) is 11.8 Å². The van der Waals surface area contributed by atoms with Gasteiger partial charge in [0.1, 0.15) is 15.9 Å². The highest BCUT2D eigenvalue weighted by atomic mass is 32.2.